The van der Waals surface area contributed by atoms with E-state index < -0.39 is 10.0 Å². The lowest BCUT2D eigenvalue weighted by Crippen LogP contribution is -2.35. The van der Waals surface area contributed by atoms with Crippen molar-refractivity contribution in [2.75, 3.05) is 26.4 Å². The summed E-state index contributed by atoms with van der Waals surface area (Å²) in [4.78, 5) is 0. The van der Waals surface area contributed by atoms with Crippen LogP contribution in [0.4, 0.5) is 0 Å². The summed E-state index contributed by atoms with van der Waals surface area (Å²) in [6.45, 7) is 2.68. The summed E-state index contributed by atoms with van der Waals surface area (Å²) in [7, 11) is 0.110. The van der Waals surface area contributed by atoms with E-state index in [4.69, 9.17) is 0 Å². The van der Waals surface area contributed by atoms with Gasteiger partial charge >= 0.3 is 0 Å². The number of nitrogens with one attached hydrogen (secondary N) is 1. The highest BCUT2D eigenvalue weighted by Gasteiger charge is 2.27. The molecule has 1 N–H and O–H groups in total. The van der Waals surface area contributed by atoms with Gasteiger partial charge in [-0.2, -0.15) is 0 Å². The summed E-state index contributed by atoms with van der Waals surface area (Å²) in [5.74, 6) is 0.967. The molecule has 1 atom stereocenters. The van der Waals surface area contributed by atoms with E-state index in [-0.39, 0.29) is 5.75 Å². The van der Waals surface area contributed by atoms with Gasteiger partial charge < -0.3 is 5.32 Å². The zero-order chi connectivity index (χ0) is 10.8. The van der Waals surface area contributed by atoms with Crippen LogP contribution < -0.4 is 5.32 Å². The molecule has 1 saturated carbocycles. The first-order chi connectivity index (χ1) is 6.43. The highest BCUT2D eigenvalue weighted by atomic mass is 32.2. The summed E-state index contributed by atoms with van der Waals surface area (Å²) in [5.41, 5.74) is 0. The molecule has 1 fully saturated rings. The molecule has 4 nitrogen and oxygen atoms in total. The zero-order valence-electron chi connectivity index (χ0n) is 9.16. The minimum atomic E-state index is -3.03. The zero-order valence-corrected chi connectivity index (χ0v) is 9.97. The van der Waals surface area contributed by atoms with Crippen LogP contribution in [0.3, 0.4) is 0 Å². The van der Waals surface area contributed by atoms with Gasteiger partial charge in [0.15, 0.2) is 0 Å². The Morgan fingerprint density at radius 2 is 2.00 bits per heavy atom. The third-order valence-electron chi connectivity index (χ3n) is 2.71. The smallest absolute Gasteiger partial charge is 0.214 e. The van der Waals surface area contributed by atoms with Crippen LogP contribution in [-0.4, -0.2) is 45.2 Å². The van der Waals surface area contributed by atoms with Crippen molar-refractivity contribution in [1.82, 2.24) is 9.62 Å². The van der Waals surface area contributed by atoms with E-state index >= 15 is 0 Å². The monoisotopic (exact) mass is 220 g/mol. The van der Waals surface area contributed by atoms with Crippen molar-refractivity contribution in [2.45, 2.75) is 25.8 Å². The second kappa shape index (κ2) is 4.59. The molecule has 84 valence electrons. The predicted octanol–water partition coefficient (Wildman–Crippen LogP) is 0.266. The quantitative estimate of drug-likeness (QED) is 0.699. The molecule has 1 aliphatic rings. The van der Waals surface area contributed by atoms with Gasteiger partial charge in [-0.15, -0.1) is 0 Å². The lowest BCUT2D eigenvalue weighted by molar-refractivity contribution is 0.493. The summed E-state index contributed by atoms with van der Waals surface area (Å²) in [6.07, 6.45) is 2.57. The van der Waals surface area contributed by atoms with Crippen molar-refractivity contribution in [3.63, 3.8) is 0 Å². The Balaban J connectivity index is 2.20. The summed E-state index contributed by atoms with van der Waals surface area (Å²) in [5, 5.41) is 3.25. The van der Waals surface area contributed by atoms with Gasteiger partial charge in [0.05, 0.1) is 5.75 Å². The fourth-order valence-electron chi connectivity index (χ4n) is 1.36. The van der Waals surface area contributed by atoms with Crippen LogP contribution in [0.5, 0.6) is 0 Å². The minimum Gasteiger partial charge on any atom is -0.313 e. The molecule has 0 aromatic heterocycles. The van der Waals surface area contributed by atoms with E-state index in [1.807, 2.05) is 0 Å². The summed E-state index contributed by atoms with van der Waals surface area (Å²) in [6, 6.07) is 0.465. The van der Waals surface area contributed by atoms with Gasteiger partial charge in [0.2, 0.25) is 10.0 Å². The molecule has 0 saturated heterocycles. The number of nitrogens with zero attached hydrogens (tertiary/aromatic N) is 1. The number of rotatable bonds is 6. The van der Waals surface area contributed by atoms with Crippen molar-refractivity contribution in [2.24, 2.45) is 5.92 Å². The first kappa shape index (κ1) is 11.9. The van der Waals surface area contributed by atoms with Crippen molar-refractivity contribution in [3.05, 3.63) is 0 Å². The topological polar surface area (TPSA) is 49.4 Å². The van der Waals surface area contributed by atoms with E-state index in [9.17, 15) is 8.42 Å². The predicted molar refractivity (Wildman–Crippen MR) is 57.7 cm³/mol. The molecule has 0 spiro atoms. The lowest BCUT2D eigenvalue weighted by atomic mass is 10.2. The molecular formula is C9H20N2O2S. The van der Waals surface area contributed by atoms with Crippen molar-refractivity contribution in [3.8, 4) is 0 Å². The maximum absolute atomic E-state index is 11.4. The lowest BCUT2D eigenvalue weighted by Gasteiger charge is -2.15. The van der Waals surface area contributed by atoms with E-state index in [0.717, 1.165) is 5.92 Å². The Bertz CT molecular complexity index is 271. The van der Waals surface area contributed by atoms with Crippen LogP contribution in [0.2, 0.25) is 0 Å². The van der Waals surface area contributed by atoms with Crippen molar-refractivity contribution < 1.29 is 8.42 Å². The molecule has 1 rings (SSSR count). The fourth-order valence-corrected chi connectivity index (χ4v) is 2.10. The number of sulfonamides is 1. The van der Waals surface area contributed by atoms with Gasteiger partial charge in [0.1, 0.15) is 0 Å². The minimum absolute atomic E-state index is 0.192. The molecule has 1 aliphatic carbocycles. The maximum Gasteiger partial charge on any atom is 0.214 e. The number of hydrogen-bond donors (Lipinski definition) is 1. The molecule has 5 heteroatoms. The van der Waals surface area contributed by atoms with Gasteiger partial charge in [-0.05, 0) is 25.7 Å². The normalized spacial score (nSPS) is 20.0. The molecule has 1 unspecified atom stereocenters. The van der Waals surface area contributed by atoms with Crippen LogP contribution in [0.25, 0.3) is 0 Å². The van der Waals surface area contributed by atoms with E-state index in [1.54, 1.807) is 14.1 Å². The average Bonchev–Trinajstić information content (AvgIpc) is 2.85. The third-order valence-corrected chi connectivity index (χ3v) is 4.54. The molecule has 0 radical (unpaired) electrons. The molecule has 0 amide bonds. The third kappa shape index (κ3) is 3.55. The van der Waals surface area contributed by atoms with Crippen LogP contribution in [-0.2, 0) is 10.0 Å². The highest BCUT2D eigenvalue weighted by Crippen LogP contribution is 2.32. The van der Waals surface area contributed by atoms with Crippen molar-refractivity contribution >= 4 is 10.0 Å². The van der Waals surface area contributed by atoms with Crippen molar-refractivity contribution in [1.29, 1.82) is 0 Å². The van der Waals surface area contributed by atoms with E-state index in [1.165, 1.54) is 17.1 Å². The van der Waals surface area contributed by atoms with Crippen LogP contribution in [0, 0.1) is 5.92 Å². The second-order valence-corrected chi connectivity index (χ2v) is 6.48. The Labute approximate surface area is 86.7 Å². The summed E-state index contributed by atoms with van der Waals surface area (Å²) < 4.78 is 24.0. The summed E-state index contributed by atoms with van der Waals surface area (Å²) >= 11 is 0. The van der Waals surface area contributed by atoms with Gasteiger partial charge in [-0.1, -0.05) is 0 Å². The number of hydrogen-bond acceptors (Lipinski definition) is 3. The van der Waals surface area contributed by atoms with Crippen LogP contribution in [0.1, 0.15) is 19.8 Å². The Morgan fingerprint density at radius 1 is 1.43 bits per heavy atom. The molecular weight excluding hydrogens is 200 g/mol. The standard InChI is InChI=1S/C9H20N2O2S/c1-8(9-4-5-9)10-6-7-14(12,13)11(2)3/h8-10H,4-7H2,1-3H3. The fraction of sp³-hybridized carbons (Fsp3) is 1.00. The molecule has 0 aromatic carbocycles. The molecule has 0 aromatic rings. The molecule has 14 heavy (non-hydrogen) atoms. The highest BCUT2D eigenvalue weighted by molar-refractivity contribution is 7.89. The van der Waals surface area contributed by atoms with E-state index in [0.29, 0.717) is 12.6 Å². The molecule has 0 bridgehead atoms. The van der Waals surface area contributed by atoms with Gasteiger partial charge in [0.25, 0.3) is 0 Å². The SMILES string of the molecule is CC(NCCS(=O)(=O)N(C)C)C1CC1. The van der Waals surface area contributed by atoms with Gasteiger partial charge in [-0.3, -0.25) is 0 Å². The Hall–Kier alpha value is -0.130. The molecule has 0 heterocycles. The second-order valence-electron chi connectivity index (χ2n) is 4.18. The average molecular weight is 220 g/mol. The van der Waals surface area contributed by atoms with Crippen LogP contribution in [0.15, 0.2) is 0 Å². The largest absolute Gasteiger partial charge is 0.313 e. The van der Waals surface area contributed by atoms with Gasteiger partial charge in [0, 0.05) is 26.7 Å². The maximum atomic E-state index is 11.4. The van der Waals surface area contributed by atoms with Crippen LogP contribution >= 0.6 is 0 Å². The Morgan fingerprint density at radius 3 is 2.43 bits per heavy atom. The van der Waals surface area contributed by atoms with Gasteiger partial charge in [-0.25, -0.2) is 12.7 Å². The first-order valence-corrected chi connectivity index (χ1v) is 6.68. The Kier molecular flexibility index (Phi) is 3.92. The molecule has 0 aliphatic heterocycles. The first-order valence-electron chi connectivity index (χ1n) is 5.07. The van der Waals surface area contributed by atoms with E-state index in [2.05, 4.69) is 12.2 Å².